The zero-order chi connectivity index (χ0) is 24.6. The lowest BCUT2D eigenvalue weighted by Crippen LogP contribution is -2.25. The molecule has 34 heavy (non-hydrogen) atoms. The van der Waals surface area contributed by atoms with E-state index in [-0.39, 0.29) is 17.3 Å². The molecule has 0 aliphatic heterocycles. The van der Waals surface area contributed by atoms with Crippen LogP contribution in [0, 0.1) is 11.3 Å². The Kier molecular flexibility index (Phi) is 9.11. The van der Waals surface area contributed by atoms with Crippen molar-refractivity contribution >= 4 is 21.6 Å². The Morgan fingerprint density at radius 1 is 1.12 bits per heavy atom. The Bertz CT molecular complexity index is 1240. The number of aliphatic hydroxyl groups excluding tert-OH is 1. The van der Waals surface area contributed by atoms with Crippen LogP contribution in [0.15, 0.2) is 65.7 Å². The third-order valence-electron chi connectivity index (χ3n) is 5.24. The molecule has 0 fully saturated rings. The van der Waals surface area contributed by atoms with Gasteiger partial charge in [-0.2, -0.15) is 5.26 Å². The van der Waals surface area contributed by atoms with Crippen LogP contribution in [0.25, 0.3) is 22.4 Å². The van der Waals surface area contributed by atoms with Gasteiger partial charge in [-0.1, -0.05) is 43.7 Å². The number of thioether (sulfide) groups is 1. The number of benzene rings is 2. The lowest BCUT2D eigenvalue weighted by molar-refractivity contribution is 0.222. The third-order valence-corrected chi connectivity index (χ3v) is 8.16. The summed E-state index contributed by atoms with van der Waals surface area (Å²) in [5, 5.41) is 20.8. The number of unbranched alkanes of at least 4 members (excludes halogenated alkanes) is 1. The zero-order valence-electron chi connectivity index (χ0n) is 19.3. The number of pyridine rings is 1. The molecule has 0 spiro atoms. The van der Waals surface area contributed by atoms with E-state index >= 15 is 0 Å². The van der Waals surface area contributed by atoms with Crippen molar-refractivity contribution in [2.45, 2.75) is 30.9 Å². The van der Waals surface area contributed by atoms with Crippen LogP contribution >= 0.6 is 11.8 Å². The largest absolute Gasteiger partial charge is 0.497 e. The number of sulfone groups is 1. The molecular formula is C26H28N2O4S2. The van der Waals surface area contributed by atoms with Crippen molar-refractivity contribution in [1.29, 1.82) is 5.26 Å². The van der Waals surface area contributed by atoms with Gasteiger partial charge in [0, 0.05) is 16.9 Å². The van der Waals surface area contributed by atoms with Crippen molar-refractivity contribution in [3.63, 3.8) is 0 Å². The number of ether oxygens (including phenoxy) is 1. The molecule has 1 atom stereocenters. The van der Waals surface area contributed by atoms with E-state index in [4.69, 9.17) is 9.72 Å². The number of nitrogens with zero attached hydrogens (tertiary/aromatic N) is 2. The molecule has 2 aromatic carbocycles. The first kappa shape index (κ1) is 25.8. The summed E-state index contributed by atoms with van der Waals surface area (Å²) >= 11 is 1.20. The maximum atomic E-state index is 12.2. The number of hydrogen-bond acceptors (Lipinski definition) is 7. The molecule has 0 aliphatic rings. The van der Waals surface area contributed by atoms with Gasteiger partial charge in [0.25, 0.3) is 0 Å². The highest BCUT2D eigenvalue weighted by molar-refractivity contribution is 7.99. The molecule has 1 N–H and O–H groups in total. The van der Waals surface area contributed by atoms with Gasteiger partial charge in [0.15, 0.2) is 9.84 Å². The lowest BCUT2D eigenvalue weighted by Gasteiger charge is -2.15. The number of methoxy groups -OCH3 is 1. The van der Waals surface area contributed by atoms with Gasteiger partial charge in [0.05, 0.1) is 36.0 Å². The van der Waals surface area contributed by atoms with Gasteiger partial charge < -0.3 is 9.84 Å². The molecule has 8 heteroatoms. The normalized spacial score (nSPS) is 12.2. The van der Waals surface area contributed by atoms with Crippen LogP contribution in [0.3, 0.4) is 0 Å². The standard InChI is InChI=1S/C26H28N2O4S2/c1-3-4-14-34(30,31)18-21(29)17-33-26-24(16-27)23(19-8-6-5-7-9-19)15-25(28-26)20-10-12-22(32-2)13-11-20/h5-13,15,21,29H,3-4,14,17-18H2,1-2H3. The molecule has 1 aromatic heterocycles. The molecule has 3 rings (SSSR count). The van der Waals surface area contributed by atoms with Crippen molar-refractivity contribution in [2.75, 3.05) is 24.4 Å². The quantitative estimate of drug-likeness (QED) is 0.374. The molecule has 0 radical (unpaired) electrons. The van der Waals surface area contributed by atoms with Crippen LogP contribution in [-0.4, -0.2) is 49.0 Å². The zero-order valence-corrected chi connectivity index (χ0v) is 20.9. The highest BCUT2D eigenvalue weighted by atomic mass is 32.2. The second kappa shape index (κ2) is 12.0. The van der Waals surface area contributed by atoms with Crippen LogP contribution in [0.4, 0.5) is 0 Å². The van der Waals surface area contributed by atoms with Crippen molar-refractivity contribution in [3.05, 3.63) is 66.2 Å². The molecular weight excluding hydrogens is 468 g/mol. The average Bonchev–Trinajstić information content (AvgIpc) is 2.86. The number of nitriles is 1. The van der Waals surface area contributed by atoms with E-state index in [1.165, 1.54) is 11.8 Å². The van der Waals surface area contributed by atoms with Crippen LogP contribution in [-0.2, 0) is 9.84 Å². The number of aromatic nitrogens is 1. The van der Waals surface area contributed by atoms with Gasteiger partial charge in [-0.05, 0) is 42.3 Å². The topological polar surface area (TPSA) is 100 Å². The van der Waals surface area contributed by atoms with E-state index in [0.29, 0.717) is 22.7 Å². The fraction of sp³-hybridized carbons (Fsp3) is 0.308. The molecule has 0 bridgehead atoms. The first-order valence-electron chi connectivity index (χ1n) is 11.0. The van der Waals surface area contributed by atoms with Crippen molar-refractivity contribution < 1.29 is 18.3 Å². The Hall–Kier alpha value is -2.86. The summed E-state index contributed by atoms with van der Waals surface area (Å²) in [4.78, 5) is 4.71. The fourth-order valence-electron chi connectivity index (χ4n) is 3.45. The predicted octanol–water partition coefficient (Wildman–Crippen LogP) is 4.96. The summed E-state index contributed by atoms with van der Waals surface area (Å²) < 4.78 is 29.7. The molecule has 0 saturated heterocycles. The lowest BCUT2D eigenvalue weighted by atomic mass is 9.99. The average molecular weight is 497 g/mol. The Morgan fingerprint density at radius 3 is 2.44 bits per heavy atom. The first-order valence-corrected chi connectivity index (χ1v) is 13.8. The fourth-order valence-corrected chi connectivity index (χ4v) is 6.13. The first-order chi connectivity index (χ1) is 16.4. The Balaban J connectivity index is 1.95. The van der Waals surface area contributed by atoms with Crippen LogP contribution in [0.5, 0.6) is 5.75 Å². The summed E-state index contributed by atoms with van der Waals surface area (Å²) in [5.41, 5.74) is 3.53. The molecule has 0 saturated carbocycles. The van der Waals surface area contributed by atoms with Gasteiger partial charge in [-0.3, -0.25) is 0 Å². The molecule has 6 nitrogen and oxygen atoms in total. The number of rotatable bonds is 11. The van der Waals surface area contributed by atoms with E-state index in [9.17, 15) is 18.8 Å². The molecule has 1 heterocycles. The van der Waals surface area contributed by atoms with Crippen LogP contribution < -0.4 is 4.74 Å². The summed E-state index contributed by atoms with van der Waals surface area (Å²) in [6.45, 7) is 1.93. The maximum Gasteiger partial charge on any atom is 0.152 e. The minimum absolute atomic E-state index is 0.0675. The van der Waals surface area contributed by atoms with Gasteiger partial charge in [-0.25, -0.2) is 13.4 Å². The van der Waals surface area contributed by atoms with Gasteiger partial charge in [0.1, 0.15) is 16.8 Å². The number of hydrogen-bond donors (Lipinski definition) is 1. The van der Waals surface area contributed by atoms with Crippen LogP contribution in [0.2, 0.25) is 0 Å². The van der Waals surface area contributed by atoms with Crippen molar-refractivity contribution in [3.8, 4) is 34.2 Å². The van der Waals surface area contributed by atoms with Crippen LogP contribution in [0.1, 0.15) is 25.3 Å². The monoisotopic (exact) mass is 496 g/mol. The summed E-state index contributed by atoms with van der Waals surface area (Å²) in [6.07, 6.45) is 0.303. The van der Waals surface area contributed by atoms with Crippen molar-refractivity contribution in [1.82, 2.24) is 4.98 Å². The second-order valence-electron chi connectivity index (χ2n) is 7.87. The van der Waals surface area contributed by atoms with Gasteiger partial charge in [-0.15, -0.1) is 11.8 Å². The SMILES string of the molecule is CCCCS(=O)(=O)CC(O)CSc1nc(-c2ccc(OC)cc2)cc(-c2ccccc2)c1C#N. The minimum atomic E-state index is -3.33. The molecule has 0 aliphatic carbocycles. The smallest absolute Gasteiger partial charge is 0.152 e. The minimum Gasteiger partial charge on any atom is -0.497 e. The highest BCUT2D eigenvalue weighted by Gasteiger charge is 2.20. The molecule has 1 unspecified atom stereocenters. The van der Waals surface area contributed by atoms with E-state index in [2.05, 4.69) is 6.07 Å². The summed E-state index contributed by atoms with van der Waals surface area (Å²) in [5.74, 6) is 0.611. The maximum absolute atomic E-state index is 12.2. The van der Waals surface area contributed by atoms with E-state index < -0.39 is 15.9 Å². The van der Waals surface area contributed by atoms with Gasteiger partial charge in [0.2, 0.25) is 0 Å². The van der Waals surface area contributed by atoms with Gasteiger partial charge >= 0.3 is 0 Å². The third kappa shape index (κ3) is 6.83. The van der Waals surface area contributed by atoms with E-state index in [1.807, 2.05) is 67.6 Å². The Morgan fingerprint density at radius 2 is 1.82 bits per heavy atom. The Labute approximate surface area is 205 Å². The number of aliphatic hydroxyl groups is 1. The molecule has 3 aromatic rings. The summed E-state index contributed by atoms with van der Waals surface area (Å²) in [7, 11) is -1.73. The van der Waals surface area contributed by atoms with E-state index in [0.717, 1.165) is 28.9 Å². The predicted molar refractivity (Wildman–Crippen MR) is 137 cm³/mol. The molecule has 0 amide bonds. The van der Waals surface area contributed by atoms with Crippen molar-refractivity contribution in [2.24, 2.45) is 0 Å². The summed E-state index contributed by atoms with van der Waals surface area (Å²) in [6, 6.07) is 21.2. The van der Waals surface area contributed by atoms with E-state index in [1.54, 1.807) is 7.11 Å². The second-order valence-corrected chi connectivity index (χ2v) is 11.1. The highest BCUT2D eigenvalue weighted by Crippen LogP contribution is 2.34. The molecule has 178 valence electrons.